The third-order valence-electron chi connectivity index (χ3n) is 3.04. The van der Waals surface area contributed by atoms with E-state index in [4.69, 9.17) is 5.26 Å². The van der Waals surface area contributed by atoms with Crippen LogP contribution in [-0.4, -0.2) is 31.7 Å². The molecule has 0 aliphatic rings. The second kappa shape index (κ2) is 6.83. The molecule has 2 aromatic rings. The van der Waals surface area contributed by atoms with Crippen molar-refractivity contribution in [1.82, 2.24) is 14.9 Å². The van der Waals surface area contributed by atoms with Crippen LogP contribution in [0, 0.1) is 25.2 Å². The van der Waals surface area contributed by atoms with Gasteiger partial charge in [-0.25, -0.2) is 13.1 Å². The maximum Gasteiger partial charge on any atom is 0.250 e. The third kappa shape index (κ3) is 3.59. The summed E-state index contributed by atoms with van der Waals surface area (Å²) in [5.74, 6) is 0.362. The molecule has 116 valence electrons. The van der Waals surface area contributed by atoms with Gasteiger partial charge in [0.05, 0.1) is 5.69 Å². The van der Waals surface area contributed by atoms with Gasteiger partial charge in [0.15, 0.2) is 5.82 Å². The lowest BCUT2D eigenvalue weighted by Crippen LogP contribution is -2.28. The molecule has 0 aromatic carbocycles. The second-order valence-corrected chi connectivity index (χ2v) is 7.44. The average Bonchev–Trinajstić information content (AvgIpc) is 3.02. The molecule has 0 amide bonds. The Morgan fingerprint density at radius 2 is 2.09 bits per heavy atom. The van der Waals surface area contributed by atoms with Crippen molar-refractivity contribution < 1.29 is 8.42 Å². The van der Waals surface area contributed by atoms with Crippen molar-refractivity contribution in [2.24, 2.45) is 0 Å². The zero-order valence-electron chi connectivity index (χ0n) is 12.1. The van der Waals surface area contributed by atoms with Gasteiger partial charge in [-0.1, -0.05) is 6.07 Å². The fraction of sp³-hybridized carbons (Fsp3) is 0.308. The molecule has 0 bridgehead atoms. The van der Waals surface area contributed by atoms with Gasteiger partial charge in [0.2, 0.25) is 10.0 Å². The summed E-state index contributed by atoms with van der Waals surface area (Å²) in [6, 6.07) is 5.31. The number of sulfonamides is 1. The lowest BCUT2D eigenvalue weighted by molar-refractivity contribution is 0.585. The maximum atomic E-state index is 11.9. The minimum atomic E-state index is -3.47. The van der Waals surface area contributed by atoms with E-state index in [0.717, 1.165) is 16.9 Å². The molecular formula is C13H15N5O2S2. The fourth-order valence-electron chi connectivity index (χ4n) is 1.72. The Bertz CT molecular complexity index is 795. The Morgan fingerprint density at radius 3 is 2.73 bits per heavy atom. The molecule has 2 rings (SSSR count). The van der Waals surface area contributed by atoms with Crippen LogP contribution < -0.4 is 10.0 Å². The Kier molecular flexibility index (Phi) is 5.07. The molecule has 7 nitrogen and oxygen atoms in total. The summed E-state index contributed by atoms with van der Waals surface area (Å²) in [5, 5.41) is 21.7. The molecule has 0 saturated carbocycles. The summed E-state index contributed by atoms with van der Waals surface area (Å²) in [7, 11) is -3.47. The van der Waals surface area contributed by atoms with Gasteiger partial charge in [-0.15, -0.1) is 16.4 Å². The smallest absolute Gasteiger partial charge is 0.250 e. The minimum Gasteiger partial charge on any atom is -0.366 e. The van der Waals surface area contributed by atoms with Gasteiger partial charge in [-0.3, -0.25) is 0 Å². The van der Waals surface area contributed by atoms with Crippen LogP contribution in [0.5, 0.6) is 0 Å². The van der Waals surface area contributed by atoms with Gasteiger partial charge in [0.1, 0.15) is 15.8 Å². The standard InChI is InChI=1S/C13H15N5O2S2/c1-9-10(2)17-18-13(11(9)8-14)15-5-6-16-22(19,20)12-4-3-7-21-12/h3-4,7,16H,5-6H2,1-2H3,(H,15,18). The first-order valence-corrected chi connectivity index (χ1v) is 8.83. The minimum absolute atomic E-state index is 0.180. The molecule has 2 aromatic heterocycles. The van der Waals surface area contributed by atoms with E-state index in [1.54, 1.807) is 31.4 Å². The summed E-state index contributed by atoms with van der Waals surface area (Å²) < 4.78 is 26.6. The first-order chi connectivity index (χ1) is 10.5. The number of nitrogens with one attached hydrogen (secondary N) is 2. The zero-order chi connectivity index (χ0) is 16.2. The molecule has 2 heterocycles. The molecule has 9 heteroatoms. The van der Waals surface area contributed by atoms with Crippen LogP contribution >= 0.6 is 11.3 Å². The average molecular weight is 337 g/mol. The lowest BCUT2D eigenvalue weighted by Gasteiger charge is -2.10. The Balaban J connectivity index is 1.96. The summed E-state index contributed by atoms with van der Waals surface area (Å²) in [6.07, 6.45) is 0. The van der Waals surface area contributed by atoms with E-state index in [1.807, 2.05) is 0 Å². The Morgan fingerprint density at radius 1 is 1.32 bits per heavy atom. The predicted octanol–water partition coefficient (Wildman–Crippen LogP) is 1.42. The van der Waals surface area contributed by atoms with Gasteiger partial charge >= 0.3 is 0 Å². The van der Waals surface area contributed by atoms with E-state index in [-0.39, 0.29) is 10.8 Å². The van der Waals surface area contributed by atoms with Gasteiger partial charge in [-0.2, -0.15) is 10.4 Å². The molecule has 0 radical (unpaired) electrons. The first-order valence-electron chi connectivity index (χ1n) is 6.46. The number of nitriles is 1. The zero-order valence-corrected chi connectivity index (χ0v) is 13.8. The van der Waals surface area contributed by atoms with E-state index in [1.165, 1.54) is 0 Å². The van der Waals surface area contributed by atoms with E-state index in [2.05, 4.69) is 26.3 Å². The van der Waals surface area contributed by atoms with Crippen molar-refractivity contribution in [2.75, 3.05) is 18.4 Å². The highest BCUT2D eigenvalue weighted by molar-refractivity contribution is 7.91. The molecule has 0 unspecified atom stereocenters. The fourth-order valence-corrected chi connectivity index (χ4v) is 3.79. The Labute approximate surface area is 133 Å². The highest BCUT2D eigenvalue weighted by atomic mass is 32.2. The number of thiophene rings is 1. The van der Waals surface area contributed by atoms with Crippen molar-refractivity contribution in [2.45, 2.75) is 18.1 Å². The molecule has 0 saturated heterocycles. The monoisotopic (exact) mass is 337 g/mol. The number of aryl methyl sites for hydroxylation is 1. The lowest BCUT2D eigenvalue weighted by atomic mass is 10.1. The molecule has 2 N–H and O–H groups in total. The molecule has 0 aliphatic carbocycles. The van der Waals surface area contributed by atoms with Gasteiger partial charge in [0.25, 0.3) is 0 Å². The molecule has 0 spiro atoms. The van der Waals surface area contributed by atoms with Crippen molar-refractivity contribution in [3.63, 3.8) is 0 Å². The SMILES string of the molecule is Cc1nnc(NCCNS(=O)(=O)c2cccs2)c(C#N)c1C. The van der Waals surface area contributed by atoms with Crippen LogP contribution in [0.4, 0.5) is 5.82 Å². The highest BCUT2D eigenvalue weighted by Crippen LogP contribution is 2.17. The predicted molar refractivity (Wildman–Crippen MR) is 84.2 cm³/mol. The van der Waals surface area contributed by atoms with E-state index >= 15 is 0 Å². The number of rotatable bonds is 6. The van der Waals surface area contributed by atoms with Gasteiger partial charge in [-0.05, 0) is 30.9 Å². The quantitative estimate of drug-likeness (QED) is 0.772. The van der Waals surface area contributed by atoms with E-state index in [9.17, 15) is 8.42 Å². The first kappa shape index (κ1) is 16.4. The van der Waals surface area contributed by atoms with E-state index in [0.29, 0.717) is 23.6 Å². The van der Waals surface area contributed by atoms with Crippen LogP contribution in [0.3, 0.4) is 0 Å². The molecular weight excluding hydrogens is 322 g/mol. The largest absolute Gasteiger partial charge is 0.366 e. The number of hydrogen-bond donors (Lipinski definition) is 2. The summed E-state index contributed by atoms with van der Waals surface area (Å²) in [5.41, 5.74) is 1.88. The summed E-state index contributed by atoms with van der Waals surface area (Å²) in [4.78, 5) is 0. The van der Waals surface area contributed by atoms with Crippen LogP contribution in [-0.2, 0) is 10.0 Å². The second-order valence-electron chi connectivity index (χ2n) is 4.50. The van der Waals surface area contributed by atoms with Crippen molar-refractivity contribution in [3.8, 4) is 6.07 Å². The number of nitrogens with zero attached hydrogens (tertiary/aromatic N) is 3. The number of aromatic nitrogens is 2. The van der Waals surface area contributed by atoms with Gasteiger partial charge < -0.3 is 5.32 Å². The topological polar surface area (TPSA) is 108 Å². The van der Waals surface area contributed by atoms with Crippen LogP contribution in [0.2, 0.25) is 0 Å². The van der Waals surface area contributed by atoms with Crippen LogP contribution in [0.25, 0.3) is 0 Å². The van der Waals surface area contributed by atoms with Crippen molar-refractivity contribution in [3.05, 3.63) is 34.3 Å². The van der Waals surface area contributed by atoms with Crippen molar-refractivity contribution >= 4 is 27.2 Å². The maximum absolute atomic E-state index is 11.9. The summed E-state index contributed by atoms with van der Waals surface area (Å²) >= 11 is 1.16. The normalized spacial score (nSPS) is 11.1. The summed E-state index contributed by atoms with van der Waals surface area (Å²) in [6.45, 7) is 4.06. The molecule has 0 aliphatic heterocycles. The van der Waals surface area contributed by atoms with E-state index < -0.39 is 10.0 Å². The van der Waals surface area contributed by atoms with Crippen LogP contribution in [0.15, 0.2) is 21.7 Å². The molecule has 0 fully saturated rings. The number of hydrogen-bond acceptors (Lipinski definition) is 7. The van der Waals surface area contributed by atoms with Crippen LogP contribution in [0.1, 0.15) is 16.8 Å². The van der Waals surface area contributed by atoms with Crippen molar-refractivity contribution in [1.29, 1.82) is 5.26 Å². The molecule has 22 heavy (non-hydrogen) atoms. The van der Waals surface area contributed by atoms with Gasteiger partial charge in [0, 0.05) is 13.1 Å². The third-order valence-corrected chi connectivity index (χ3v) is 5.89. The Hall–Kier alpha value is -2.02. The highest BCUT2D eigenvalue weighted by Gasteiger charge is 2.14. The molecule has 0 atom stereocenters. The number of anilines is 1.